The van der Waals surface area contributed by atoms with Crippen molar-refractivity contribution in [2.24, 2.45) is 0 Å². The molecular weight excluding hydrogens is 368 g/mol. The van der Waals surface area contributed by atoms with Crippen molar-refractivity contribution >= 4 is 11.5 Å². The van der Waals surface area contributed by atoms with Crippen molar-refractivity contribution in [1.29, 1.82) is 0 Å². The maximum Gasteiger partial charge on any atom is 0.334 e. The molecule has 0 atom stereocenters. The van der Waals surface area contributed by atoms with Gasteiger partial charge in [-0.3, -0.25) is 0 Å². The Morgan fingerprint density at radius 2 is 0.900 bits per heavy atom. The van der Waals surface area contributed by atoms with Gasteiger partial charge >= 0.3 is 5.97 Å². The van der Waals surface area contributed by atoms with Crippen molar-refractivity contribution in [3.63, 3.8) is 0 Å². The third-order valence-electron chi connectivity index (χ3n) is 5.61. The minimum Gasteiger partial charge on any atom is -0.427 e. The minimum absolute atomic E-state index is 0.251. The Balaban J connectivity index is 1.87. The fraction of sp³-hybridized carbons (Fsp3) is 0.0357. The summed E-state index contributed by atoms with van der Waals surface area (Å²) in [6.07, 6.45) is 0. The summed E-state index contributed by atoms with van der Waals surface area (Å²) < 4.78 is 5.88. The van der Waals surface area contributed by atoms with Crippen LogP contribution in [-0.4, -0.2) is 5.97 Å². The molecular formula is C28H20O2. The predicted octanol–water partition coefficient (Wildman–Crippen LogP) is 5.99. The van der Waals surface area contributed by atoms with Crippen LogP contribution in [0.25, 0.3) is 5.57 Å². The van der Waals surface area contributed by atoms with Crippen LogP contribution in [0.4, 0.5) is 0 Å². The number of hydrogen-bond acceptors (Lipinski definition) is 2. The number of carbonyl (C=O) groups is 1. The zero-order chi connectivity index (χ0) is 20.4. The summed E-state index contributed by atoms with van der Waals surface area (Å²) in [5, 5.41) is 0. The molecule has 0 aromatic heterocycles. The first-order valence-electron chi connectivity index (χ1n) is 10.0. The van der Waals surface area contributed by atoms with Crippen molar-refractivity contribution in [3.05, 3.63) is 149 Å². The number of cyclic esters (lactones) is 1. The van der Waals surface area contributed by atoms with Gasteiger partial charge in [0.2, 0.25) is 0 Å². The Kier molecular flexibility index (Phi) is 4.53. The minimum atomic E-state index is -0.969. The second kappa shape index (κ2) is 7.49. The lowest BCUT2D eigenvalue weighted by Crippen LogP contribution is -2.51. The Morgan fingerprint density at radius 1 is 0.533 bits per heavy atom. The van der Waals surface area contributed by atoms with Crippen molar-refractivity contribution in [2.75, 3.05) is 0 Å². The van der Waals surface area contributed by atoms with Crippen molar-refractivity contribution < 1.29 is 9.53 Å². The van der Waals surface area contributed by atoms with Gasteiger partial charge in [-0.2, -0.15) is 0 Å². The fourth-order valence-electron chi connectivity index (χ4n) is 4.21. The summed E-state index contributed by atoms with van der Waals surface area (Å²) in [5.74, 6) is 0.418. The third-order valence-corrected chi connectivity index (χ3v) is 5.61. The molecule has 0 unspecified atom stereocenters. The van der Waals surface area contributed by atoms with Gasteiger partial charge in [0, 0.05) is 5.57 Å². The van der Waals surface area contributed by atoms with Gasteiger partial charge < -0.3 is 4.74 Å². The van der Waals surface area contributed by atoms with Crippen LogP contribution in [-0.2, 0) is 14.9 Å². The Hall–Kier alpha value is -3.91. The van der Waals surface area contributed by atoms with Gasteiger partial charge in [-0.1, -0.05) is 121 Å². The van der Waals surface area contributed by atoms with E-state index < -0.39 is 5.41 Å². The zero-order valence-corrected chi connectivity index (χ0v) is 16.4. The molecule has 0 radical (unpaired) electrons. The summed E-state index contributed by atoms with van der Waals surface area (Å²) >= 11 is 0. The van der Waals surface area contributed by atoms with E-state index >= 15 is 0 Å². The summed E-state index contributed by atoms with van der Waals surface area (Å²) in [6.45, 7) is 0. The molecule has 2 nitrogen and oxygen atoms in total. The lowest BCUT2D eigenvalue weighted by atomic mass is 9.67. The molecule has 0 spiro atoms. The van der Waals surface area contributed by atoms with Crippen LogP contribution in [0.3, 0.4) is 0 Å². The molecule has 1 fully saturated rings. The number of esters is 1. The van der Waals surface area contributed by atoms with E-state index in [4.69, 9.17) is 4.74 Å². The highest BCUT2D eigenvalue weighted by atomic mass is 16.6. The molecule has 0 N–H and O–H groups in total. The van der Waals surface area contributed by atoms with Crippen LogP contribution in [0, 0.1) is 0 Å². The van der Waals surface area contributed by atoms with E-state index in [1.54, 1.807) is 0 Å². The smallest absolute Gasteiger partial charge is 0.334 e. The fourth-order valence-corrected chi connectivity index (χ4v) is 4.21. The average molecular weight is 388 g/mol. The number of benzene rings is 4. The summed E-state index contributed by atoms with van der Waals surface area (Å²) in [6, 6.07) is 40.0. The van der Waals surface area contributed by atoms with E-state index in [1.807, 2.05) is 97.1 Å². The van der Waals surface area contributed by atoms with Crippen LogP contribution in [0.5, 0.6) is 0 Å². The van der Waals surface area contributed by atoms with Gasteiger partial charge in [0.1, 0.15) is 5.76 Å². The lowest BCUT2D eigenvalue weighted by Gasteiger charge is -2.43. The standard InChI is InChI=1S/C28H20O2/c29-27-28(23-17-9-3-10-18-23,24-19-11-4-12-20-24)26(30-27)25(21-13-5-1-6-14-21)22-15-7-2-8-16-22/h1-20H. The van der Waals surface area contributed by atoms with Crippen molar-refractivity contribution in [1.82, 2.24) is 0 Å². The molecule has 1 aliphatic heterocycles. The van der Waals surface area contributed by atoms with Gasteiger partial charge in [0.25, 0.3) is 0 Å². The highest BCUT2D eigenvalue weighted by molar-refractivity contribution is 6.03. The van der Waals surface area contributed by atoms with E-state index in [1.165, 1.54) is 0 Å². The first kappa shape index (κ1) is 18.1. The topological polar surface area (TPSA) is 26.3 Å². The molecule has 1 heterocycles. The molecule has 5 rings (SSSR count). The van der Waals surface area contributed by atoms with Gasteiger partial charge in [0.05, 0.1) is 0 Å². The zero-order valence-electron chi connectivity index (χ0n) is 16.4. The van der Waals surface area contributed by atoms with E-state index in [-0.39, 0.29) is 5.97 Å². The van der Waals surface area contributed by atoms with Crippen LogP contribution in [0.1, 0.15) is 22.3 Å². The molecule has 0 saturated carbocycles. The summed E-state index contributed by atoms with van der Waals surface area (Å²) in [5.41, 5.74) is 3.82. The second-order valence-electron chi connectivity index (χ2n) is 7.31. The quantitative estimate of drug-likeness (QED) is 0.402. The molecule has 1 aliphatic rings. The van der Waals surface area contributed by atoms with E-state index in [2.05, 4.69) is 24.3 Å². The van der Waals surface area contributed by atoms with Crippen LogP contribution < -0.4 is 0 Å². The van der Waals surface area contributed by atoms with Gasteiger partial charge in [-0.25, -0.2) is 4.79 Å². The Labute approximate surface area is 176 Å². The van der Waals surface area contributed by atoms with Crippen molar-refractivity contribution in [3.8, 4) is 0 Å². The number of ether oxygens (including phenoxy) is 1. The van der Waals surface area contributed by atoms with Gasteiger partial charge in [-0.05, 0) is 22.3 Å². The predicted molar refractivity (Wildman–Crippen MR) is 119 cm³/mol. The van der Waals surface area contributed by atoms with E-state index in [0.717, 1.165) is 27.8 Å². The van der Waals surface area contributed by atoms with E-state index in [9.17, 15) is 4.79 Å². The van der Waals surface area contributed by atoms with E-state index in [0.29, 0.717) is 5.76 Å². The molecule has 30 heavy (non-hydrogen) atoms. The maximum absolute atomic E-state index is 13.3. The van der Waals surface area contributed by atoms with Crippen molar-refractivity contribution in [2.45, 2.75) is 5.41 Å². The molecule has 0 aliphatic carbocycles. The van der Waals surface area contributed by atoms with Crippen LogP contribution in [0.2, 0.25) is 0 Å². The van der Waals surface area contributed by atoms with Crippen LogP contribution in [0.15, 0.2) is 127 Å². The molecule has 4 aromatic rings. The molecule has 4 aromatic carbocycles. The maximum atomic E-state index is 13.3. The number of rotatable bonds is 4. The van der Waals surface area contributed by atoms with Gasteiger partial charge in [0.15, 0.2) is 5.41 Å². The molecule has 144 valence electrons. The Morgan fingerprint density at radius 3 is 1.27 bits per heavy atom. The molecule has 0 amide bonds. The SMILES string of the molecule is O=C1OC(=C(c2ccccc2)c2ccccc2)C1(c1ccccc1)c1ccccc1. The lowest BCUT2D eigenvalue weighted by molar-refractivity contribution is -0.157. The normalized spacial score (nSPS) is 14.5. The highest BCUT2D eigenvalue weighted by Crippen LogP contribution is 2.52. The van der Waals surface area contributed by atoms with Crippen LogP contribution >= 0.6 is 0 Å². The monoisotopic (exact) mass is 388 g/mol. The Bertz CT molecular complexity index is 1110. The highest BCUT2D eigenvalue weighted by Gasteiger charge is 2.58. The second-order valence-corrected chi connectivity index (χ2v) is 7.31. The molecule has 1 saturated heterocycles. The molecule has 2 heteroatoms. The first-order chi connectivity index (χ1) is 14.8. The van der Waals surface area contributed by atoms with Gasteiger partial charge in [-0.15, -0.1) is 0 Å². The molecule has 0 bridgehead atoms. The first-order valence-corrected chi connectivity index (χ1v) is 10.0. The number of hydrogen-bond donors (Lipinski definition) is 0. The third kappa shape index (κ3) is 2.77. The summed E-state index contributed by atoms with van der Waals surface area (Å²) in [7, 11) is 0. The number of carbonyl (C=O) groups excluding carboxylic acids is 1. The summed E-state index contributed by atoms with van der Waals surface area (Å²) in [4.78, 5) is 13.3. The average Bonchev–Trinajstić information content (AvgIpc) is 2.82. The largest absolute Gasteiger partial charge is 0.427 e.